The van der Waals surface area contributed by atoms with Gasteiger partial charge in [0.1, 0.15) is 17.7 Å². The Morgan fingerprint density at radius 1 is 1.06 bits per heavy atom. The molecule has 0 radical (unpaired) electrons. The second-order valence-electron chi connectivity index (χ2n) is 7.57. The van der Waals surface area contributed by atoms with E-state index in [-0.39, 0.29) is 17.8 Å². The number of nitrogens with one attached hydrogen (secondary N) is 1. The smallest absolute Gasteiger partial charge is 0.243 e. The third kappa shape index (κ3) is 4.79. The molecule has 2 aromatic carbocycles. The Balaban J connectivity index is 1.68. The molecule has 0 saturated heterocycles. The van der Waals surface area contributed by atoms with Crippen LogP contribution in [0.2, 0.25) is 0 Å². The van der Waals surface area contributed by atoms with Crippen LogP contribution in [0.25, 0.3) is 11.0 Å². The van der Waals surface area contributed by atoms with Crippen LogP contribution in [0.4, 0.5) is 4.39 Å². The van der Waals surface area contributed by atoms with E-state index in [9.17, 15) is 9.18 Å². The van der Waals surface area contributed by atoms with Crippen molar-refractivity contribution in [2.75, 3.05) is 0 Å². The van der Waals surface area contributed by atoms with E-state index in [1.54, 1.807) is 24.5 Å². The van der Waals surface area contributed by atoms with Crippen LogP contribution in [-0.2, 0) is 17.8 Å². The number of halogens is 1. The molecule has 1 atom stereocenters. The molecule has 1 amide bonds. The lowest BCUT2D eigenvalue weighted by atomic mass is 10.1. The molecule has 0 aliphatic carbocycles. The first-order chi connectivity index (χ1) is 15.2. The average molecular weight is 417 g/mol. The third-order valence-corrected chi connectivity index (χ3v) is 5.31. The largest absolute Gasteiger partial charge is 0.350 e. The van der Waals surface area contributed by atoms with Gasteiger partial charge in [-0.2, -0.15) is 0 Å². The number of rotatable bonds is 8. The number of carbonyl (C=O) groups is 1. The molecule has 158 valence electrons. The molecule has 1 N–H and O–H groups in total. The minimum Gasteiger partial charge on any atom is -0.350 e. The number of pyridine rings is 1. The second kappa shape index (κ2) is 9.51. The number of fused-ring (bicyclic) bond motifs is 1. The summed E-state index contributed by atoms with van der Waals surface area (Å²) in [6.45, 7) is 2.49. The molecule has 4 aromatic rings. The van der Waals surface area contributed by atoms with E-state index in [2.05, 4.69) is 17.2 Å². The van der Waals surface area contributed by atoms with Crippen molar-refractivity contribution >= 4 is 16.9 Å². The van der Waals surface area contributed by atoms with Crippen molar-refractivity contribution in [3.05, 3.63) is 95.8 Å². The van der Waals surface area contributed by atoms with Gasteiger partial charge in [-0.25, -0.2) is 9.37 Å². The number of amides is 1. The van der Waals surface area contributed by atoms with Gasteiger partial charge in [-0.15, -0.1) is 0 Å². The topological polar surface area (TPSA) is 59.8 Å². The van der Waals surface area contributed by atoms with Gasteiger partial charge in [0.05, 0.1) is 11.0 Å². The van der Waals surface area contributed by atoms with Gasteiger partial charge in [0, 0.05) is 25.4 Å². The first-order valence-electron chi connectivity index (χ1n) is 10.5. The summed E-state index contributed by atoms with van der Waals surface area (Å²) < 4.78 is 15.4. The number of hydrogen-bond donors (Lipinski definition) is 1. The van der Waals surface area contributed by atoms with Gasteiger partial charge in [0.2, 0.25) is 5.91 Å². The minimum atomic E-state index is -0.385. The predicted octanol–water partition coefficient (Wildman–Crippen LogP) is 4.82. The van der Waals surface area contributed by atoms with Crippen LogP contribution in [0.1, 0.15) is 42.8 Å². The van der Waals surface area contributed by atoms with Gasteiger partial charge >= 0.3 is 0 Å². The van der Waals surface area contributed by atoms with E-state index >= 15 is 0 Å². The summed E-state index contributed by atoms with van der Waals surface area (Å²) in [7, 11) is 0. The number of imidazole rings is 1. The van der Waals surface area contributed by atoms with Crippen LogP contribution < -0.4 is 5.32 Å². The summed E-state index contributed by atoms with van der Waals surface area (Å²) in [4.78, 5) is 22.2. The maximum atomic E-state index is 13.4. The highest BCUT2D eigenvalue weighted by atomic mass is 19.1. The molecular weight excluding hydrogens is 391 g/mol. The van der Waals surface area contributed by atoms with E-state index in [4.69, 9.17) is 4.98 Å². The maximum Gasteiger partial charge on any atom is 0.243 e. The summed E-state index contributed by atoms with van der Waals surface area (Å²) in [6.07, 6.45) is 5.53. The van der Waals surface area contributed by atoms with Crippen molar-refractivity contribution in [1.82, 2.24) is 19.9 Å². The molecule has 0 spiro atoms. The van der Waals surface area contributed by atoms with Gasteiger partial charge in [-0.1, -0.05) is 43.7 Å². The Morgan fingerprint density at radius 2 is 1.87 bits per heavy atom. The number of aromatic nitrogens is 3. The molecule has 1 unspecified atom stereocenters. The van der Waals surface area contributed by atoms with Gasteiger partial charge in [0.25, 0.3) is 0 Å². The van der Waals surface area contributed by atoms with Crippen LogP contribution >= 0.6 is 0 Å². The summed E-state index contributed by atoms with van der Waals surface area (Å²) >= 11 is 0. The van der Waals surface area contributed by atoms with Gasteiger partial charge in [0.15, 0.2) is 0 Å². The SMILES string of the molecule is CCCC(C(=O)NCc1cccnc1)n1c(Cc2ccc(F)cc2)nc2ccccc21. The highest BCUT2D eigenvalue weighted by molar-refractivity contribution is 5.84. The fourth-order valence-corrected chi connectivity index (χ4v) is 3.81. The van der Waals surface area contributed by atoms with Crippen molar-refractivity contribution in [3.8, 4) is 0 Å². The Morgan fingerprint density at radius 3 is 2.61 bits per heavy atom. The molecule has 0 fully saturated rings. The number of carbonyl (C=O) groups excluding carboxylic acids is 1. The molecule has 2 aromatic heterocycles. The van der Waals surface area contributed by atoms with E-state index in [1.807, 2.05) is 41.0 Å². The Bertz CT molecular complexity index is 1160. The number of nitrogens with zero attached hydrogens (tertiary/aromatic N) is 3. The second-order valence-corrected chi connectivity index (χ2v) is 7.57. The monoisotopic (exact) mass is 416 g/mol. The van der Waals surface area contributed by atoms with E-state index < -0.39 is 0 Å². The predicted molar refractivity (Wildman–Crippen MR) is 119 cm³/mol. The molecular formula is C25H25FN4O. The summed E-state index contributed by atoms with van der Waals surface area (Å²) in [5, 5.41) is 3.06. The maximum absolute atomic E-state index is 13.4. The van der Waals surface area contributed by atoms with Gasteiger partial charge in [-0.3, -0.25) is 9.78 Å². The third-order valence-electron chi connectivity index (χ3n) is 5.31. The lowest BCUT2D eigenvalue weighted by Gasteiger charge is -2.21. The van der Waals surface area contributed by atoms with Crippen molar-refractivity contribution in [3.63, 3.8) is 0 Å². The van der Waals surface area contributed by atoms with Crippen LogP contribution in [0.15, 0.2) is 73.1 Å². The normalized spacial score (nSPS) is 12.1. The number of para-hydroxylation sites is 2. The highest BCUT2D eigenvalue weighted by Crippen LogP contribution is 2.26. The highest BCUT2D eigenvalue weighted by Gasteiger charge is 2.25. The van der Waals surface area contributed by atoms with Gasteiger partial charge in [-0.05, 0) is 47.9 Å². The van der Waals surface area contributed by atoms with E-state index in [0.717, 1.165) is 34.4 Å². The quantitative estimate of drug-likeness (QED) is 0.448. The lowest BCUT2D eigenvalue weighted by molar-refractivity contribution is -0.124. The molecule has 6 heteroatoms. The Kier molecular flexibility index (Phi) is 6.36. The fourth-order valence-electron chi connectivity index (χ4n) is 3.81. The molecule has 2 heterocycles. The molecule has 0 aliphatic heterocycles. The summed E-state index contributed by atoms with van der Waals surface area (Å²) in [5.74, 6) is 0.480. The van der Waals surface area contributed by atoms with E-state index in [0.29, 0.717) is 19.4 Å². The molecule has 0 aliphatic rings. The zero-order chi connectivity index (χ0) is 21.6. The Hall–Kier alpha value is -3.54. The fraction of sp³-hybridized carbons (Fsp3) is 0.240. The van der Waals surface area contributed by atoms with Crippen LogP contribution in [0.3, 0.4) is 0 Å². The molecule has 5 nitrogen and oxygen atoms in total. The van der Waals surface area contributed by atoms with E-state index in [1.165, 1.54) is 12.1 Å². The molecule has 0 saturated carbocycles. The first kappa shape index (κ1) is 20.7. The van der Waals surface area contributed by atoms with Gasteiger partial charge < -0.3 is 9.88 Å². The van der Waals surface area contributed by atoms with Crippen LogP contribution in [0.5, 0.6) is 0 Å². The summed E-state index contributed by atoms with van der Waals surface area (Å²) in [5.41, 5.74) is 3.67. The Labute approximate surface area is 181 Å². The summed E-state index contributed by atoms with van der Waals surface area (Å²) in [6, 6.07) is 17.7. The zero-order valence-corrected chi connectivity index (χ0v) is 17.5. The van der Waals surface area contributed by atoms with Crippen molar-refractivity contribution < 1.29 is 9.18 Å². The molecule has 4 rings (SSSR count). The number of benzene rings is 2. The zero-order valence-electron chi connectivity index (χ0n) is 17.5. The minimum absolute atomic E-state index is 0.0470. The standard InChI is InChI=1S/C25H25FN4O/c1-2-6-23(25(31)28-17-19-7-5-14-27-16-19)30-22-9-4-3-8-21(22)29-24(30)15-18-10-12-20(26)13-11-18/h3-5,7-14,16,23H,2,6,15,17H2,1H3,(H,28,31). The van der Waals surface area contributed by atoms with Crippen molar-refractivity contribution in [1.29, 1.82) is 0 Å². The van der Waals surface area contributed by atoms with Crippen LogP contribution in [-0.4, -0.2) is 20.4 Å². The molecule has 31 heavy (non-hydrogen) atoms. The van der Waals surface area contributed by atoms with Crippen molar-refractivity contribution in [2.24, 2.45) is 0 Å². The van der Waals surface area contributed by atoms with Crippen molar-refractivity contribution in [2.45, 2.75) is 38.8 Å². The van der Waals surface area contributed by atoms with Crippen LogP contribution in [0, 0.1) is 5.82 Å². The number of hydrogen-bond acceptors (Lipinski definition) is 3. The lowest BCUT2D eigenvalue weighted by Crippen LogP contribution is -2.33. The molecule has 0 bridgehead atoms. The average Bonchev–Trinajstić information content (AvgIpc) is 3.15. The first-order valence-corrected chi connectivity index (χ1v) is 10.5.